The average molecular weight is 188 g/mol. The Morgan fingerprint density at radius 2 is 2.43 bits per heavy atom. The van der Waals surface area contributed by atoms with Crippen LogP contribution in [-0.4, -0.2) is 9.55 Å². The second-order valence-corrected chi connectivity index (χ2v) is 3.09. The van der Waals surface area contributed by atoms with Crippen LogP contribution in [0.2, 0.25) is 0 Å². The number of allylic oxidation sites excluding steroid dienone is 5. The molecule has 0 atom stereocenters. The summed E-state index contributed by atoms with van der Waals surface area (Å²) in [5.41, 5.74) is 2.15. The first-order valence-corrected chi connectivity index (χ1v) is 4.75. The van der Waals surface area contributed by atoms with Gasteiger partial charge in [-0.3, -0.25) is 0 Å². The number of rotatable bonds is 4. The maximum Gasteiger partial charge on any atom is 0.0951 e. The summed E-state index contributed by atoms with van der Waals surface area (Å²) in [6.07, 6.45) is 12.7. The van der Waals surface area contributed by atoms with E-state index in [1.165, 1.54) is 0 Å². The van der Waals surface area contributed by atoms with Crippen molar-refractivity contribution in [3.05, 3.63) is 49.1 Å². The molecule has 2 heteroatoms. The third-order valence-corrected chi connectivity index (χ3v) is 1.84. The highest BCUT2D eigenvalue weighted by Gasteiger charge is 1.99. The van der Waals surface area contributed by atoms with E-state index in [1.54, 1.807) is 12.4 Å². The van der Waals surface area contributed by atoms with E-state index in [1.807, 2.05) is 30.0 Å². The Kier molecular flexibility index (Phi) is 3.92. The molecule has 1 heterocycles. The Bertz CT molecular complexity index is 356. The summed E-state index contributed by atoms with van der Waals surface area (Å²) in [5.74, 6) is 0. The molecule has 1 aromatic heterocycles. The van der Waals surface area contributed by atoms with Gasteiger partial charge in [-0.1, -0.05) is 37.8 Å². The minimum Gasteiger partial charge on any atom is -0.340 e. The van der Waals surface area contributed by atoms with Gasteiger partial charge in [-0.15, -0.1) is 0 Å². The summed E-state index contributed by atoms with van der Waals surface area (Å²) >= 11 is 0. The maximum atomic E-state index is 4.30. The fraction of sp³-hybridized carbons (Fsp3) is 0.250. The lowest BCUT2D eigenvalue weighted by Crippen LogP contribution is -1.81. The van der Waals surface area contributed by atoms with Crippen molar-refractivity contribution in [1.29, 1.82) is 0 Å². The summed E-state index contributed by atoms with van der Waals surface area (Å²) in [6.45, 7) is 5.77. The molecule has 0 saturated heterocycles. The lowest BCUT2D eigenvalue weighted by Gasteiger charge is -1.95. The number of nitrogens with zero attached hydrogens (tertiary/aromatic N) is 2. The van der Waals surface area contributed by atoms with Crippen LogP contribution in [0.4, 0.5) is 0 Å². The SMILES string of the molecule is C=C/C=C\C(=C/CC)c1cn(C)cn1. The smallest absolute Gasteiger partial charge is 0.0951 e. The zero-order valence-corrected chi connectivity index (χ0v) is 8.77. The topological polar surface area (TPSA) is 17.8 Å². The molecular weight excluding hydrogens is 172 g/mol. The molecule has 0 amide bonds. The van der Waals surface area contributed by atoms with Crippen molar-refractivity contribution in [2.45, 2.75) is 13.3 Å². The molecule has 0 aromatic carbocycles. The Labute approximate surface area is 85.3 Å². The monoisotopic (exact) mass is 188 g/mol. The Balaban J connectivity index is 2.94. The van der Waals surface area contributed by atoms with Gasteiger partial charge in [-0.05, 0) is 12.0 Å². The number of hydrogen-bond acceptors (Lipinski definition) is 1. The van der Waals surface area contributed by atoms with Gasteiger partial charge in [0.15, 0.2) is 0 Å². The highest BCUT2D eigenvalue weighted by Crippen LogP contribution is 2.13. The molecule has 0 aliphatic heterocycles. The molecule has 0 bridgehead atoms. The molecular formula is C12H16N2. The van der Waals surface area contributed by atoms with Crippen molar-refractivity contribution < 1.29 is 0 Å². The van der Waals surface area contributed by atoms with Crippen molar-refractivity contribution in [3.8, 4) is 0 Å². The summed E-state index contributed by atoms with van der Waals surface area (Å²) in [7, 11) is 1.97. The Hall–Kier alpha value is -1.57. The van der Waals surface area contributed by atoms with Gasteiger partial charge in [0, 0.05) is 13.2 Å². The molecule has 1 aromatic rings. The van der Waals surface area contributed by atoms with E-state index in [2.05, 4.69) is 24.6 Å². The molecule has 0 unspecified atom stereocenters. The first kappa shape index (κ1) is 10.5. The Morgan fingerprint density at radius 3 is 2.93 bits per heavy atom. The van der Waals surface area contributed by atoms with Crippen molar-refractivity contribution in [3.63, 3.8) is 0 Å². The van der Waals surface area contributed by atoms with E-state index in [-0.39, 0.29) is 0 Å². The van der Waals surface area contributed by atoms with Crippen LogP contribution in [0.5, 0.6) is 0 Å². The molecule has 0 fully saturated rings. The first-order valence-electron chi connectivity index (χ1n) is 4.75. The van der Waals surface area contributed by atoms with Crippen LogP contribution in [-0.2, 0) is 7.05 Å². The highest BCUT2D eigenvalue weighted by atomic mass is 15.0. The third kappa shape index (κ3) is 2.73. The van der Waals surface area contributed by atoms with Gasteiger partial charge in [0.1, 0.15) is 0 Å². The summed E-state index contributed by atoms with van der Waals surface area (Å²) in [5, 5.41) is 0. The van der Waals surface area contributed by atoms with E-state index >= 15 is 0 Å². The molecule has 0 saturated carbocycles. The lowest BCUT2D eigenvalue weighted by molar-refractivity contribution is 0.913. The van der Waals surface area contributed by atoms with Crippen LogP contribution in [0.3, 0.4) is 0 Å². The van der Waals surface area contributed by atoms with E-state index in [4.69, 9.17) is 0 Å². The van der Waals surface area contributed by atoms with Crippen molar-refractivity contribution in [1.82, 2.24) is 9.55 Å². The average Bonchev–Trinajstić information content (AvgIpc) is 2.59. The van der Waals surface area contributed by atoms with Crippen LogP contribution in [0.1, 0.15) is 19.0 Å². The largest absolute Gasteiger partial charge is 0.340 e. The fourth-order valence-corrected chi connectivity index (χ4v) is 1.21. The van der Waals surface area contributed by atoms with Crippen LogP contribution >= 0.6 is 0 Å². The normalized spacial score (nSPS) is 12.3. The second kappa shape index (κ2) is 5.22. The van der Waals surface area contributed by atoms with Crippen LogP contribution < -0.4 is 0 Å². The van der Waals surface area contributed by atoms with Gasteiger partial charge in [0.05, 0.1) is 12.0 Å². The molecule has 0 radical (unpaired) electrons. The zero-order valence-electron chi connectivity index (χ0n) is 8.77. The predicted molar refractivity (Wildman–Crippen MR) is 60.8 cm³/mol. The lowest BCUT2D eigenvalue weighted by atomic mass is 10.1. The van der Waals surface area contributed by atoms with Gasteiger partial charge in [0.2, 0.25) is 0 Å². The maximum absolute atomic E-state index is 4.30. The van der Waals surface area contributed by atoms with Crippen LogP contribution in [0, 0.1) is 0 Å². The standard InChI is InChI=1S/C12H16N2/c1-4-6-8-11(7-5-2)12-9-14(3)10-13-12/h4,6-10H,1,5H2,2-3H3/b8-6-,11-7+. The number of imidazole rings is 1. The van der Waals surface area contributed by atoms with Crippen molar-refractivity contribution >= 4 is 5.57 Å². The van der Waals surface area contributed by atoms with Gasteiger partial charge in [-0.2, -0.15) is 0 Å². The fourth-order valence-electron chi connectivity index (χ4n) is 1.21. The minimum atomic E-state index is 1.01. The number of hydrogen-bond donors (Lipinski definition) is 0. The van der Waals surface area contributed by atoms with Gasteiger partial charge in [0.25, 0.3) is 0 Å². The predicted octanol–water partition coefficient (Wildman–Crippen LogP) is 2.96. The zero-order chi connectivity index (χ0) is 10.4. The van der Waals surface area contributed by atoms with E-state index in [0.29, 0.717) is 0 Å². The van der Waals surface area contributed by atoms with E-state index < -0.39 is 0 Å². The van der Waals surface area contributed by atoms with Gasteiger partial charge >= 0.3 is 0 Å². The number of aryl methyl sites for hydroxylation is 1. The molecule has 1 rings (SSSR count). The summed E-state index contributed by atoms with van der Waals surface area (Å²) in [4.78, 5) is 4.30. The minimum absolute atomic E-state index is 1.01. The second-order valence-electron chi connectivity index (χ2n) is 3.09. The van der Waals surface area contributed by atoms with E-state index in [9.17, 15) is 0 Å². The van der Waals surface area contributed by atoms with Crippen LogP contribution in [0.15, 0.2) is 43.4 Å². The van der Waals surface area contributed by atoms with Crippen molar-refractivity contribution in [2.75, 3.05) is 0 Å². The molecule has 0 N–H and O–H groups in total. The Morgan fingerprint density at radius 1 is 1.64 bits per heavy atom. The quantitative estimate of drug-likeness (QED) is 0.664. The van der Waals surface area contributed by atoms with Crippen molar-refractivity contribution in [2.24, 2.45) is 7.05 Å². The molecule has 0 aliphatic carbocycles. The first-order chi connectivity index (χ1) is 6.77. The molecule has 74 valence electrons. The van der Waals surface area contributed by atoms with Gasteiger partial charge < -0.3 is 4.57 Å². The molecule has 0 spiro atoms. The highest BCUT2D eigenvalue weighted by molar-refractivity contribution is 5.71. The van der Waals surface area contributed by atoms with Crippen LogP contribution in [0.25, 0.3) is 5.57 Å². The summed E-state index contributed by atoms with van der Waals surface area (Å²) < 4.78 is 1.95. The molecule has 14 heavy (non-hydrogen) atoms. The molecule has 2 nitrogen and oxygen atoms in total. The van der Waals surface area contributed by atoms with E-state index in [0.717, 1.165) is 17.7 Å². The molecule has 0 aliphatic rings. The third-order valence-electron chi connectivity index (χ3n) is 1.84. The number of aromatic nitrogens is 2. The summed E-state index contributed by atoms with van der Waals surface area (Å²) in [6, 6.07) is 0. The van der Waals surface area contributed by atoms with Gasteiger partial charge in [-0.25, -0.2) is 4.98 Å².